The summed E-state index contributed by atoms with van der Waals surface area (Å²) < 4.78 is 38.0. The number of aryl methyl sites for hydroxylation is 1. The Hall–Kier alpha value is -5.82. The minimum atomic E-state index is -3.21. The molecule has 5 heterocycles. The number of nitrogens with zero attached hydrogens (tertiary/aromatic N) is 5. The first kappa shape index (κ1) is 28.9. The molecule has 13 heteroatoms. The van der Waals surface area contributed by atoms with Crippen molar-refractivity contribution in [2.75, 3.05) is 17.3 Å². The number of halogens is 1. The maximum absolute atomic E-state index is 14.6. The number of rotatable bonds is 8. The number of carbonyl (C=O) groups is 1. The Labute approximate surface area is 261 Å². The largest absolute Gasteiger partial charge is 0.321 e. The molecule has 2 aromatic carbocycles. The van der Waals surface area contributed by atoms with Crippen molar-refractivity contribution in [3.05, 3.63) is 108 Å². The number of nitrogens with one attached hydrogen (secondary N) is 3. The molecule has 46 heavy (non-hydrogen) atoms. The summed E-state index contributed by atoms with van der Waals surface area (Å²) in [6, 6.07) is 20.6. The summed E-state index contributed by atoms with van der Waals surface area (Å²) in [5, 5.41) is 10.3. The number of amides is 1. The highest BCUT2D eigenvalue weighted by atomic mass is 32.2. The number of benzene rings is 2. The summed E-state index contributed by atoms with van der Waals surface area (Å²) in [5.41, 5.74) is 6.72. The molecular formula is C33H25FN8O3S. The number of aromatic amines is 2. The van der Waals surface area contributed by atoms with Crippen LogP contribution in [0.4, 0.5) is 10.1 Å². The monoisotopic (exact) mass is 632 g/mol. The van der Waals surface area contributed by atoms with Gasteiger partial charge in [0.05, 0.1) is 28.8 Å². The number of hydrogen-bond donors (Lipinski definition) is 3. The van der Waals surface area contributed by atoms with Gasteiger partial charge in [0, 0.05) is 35.3 Å². The van der Waals surface area contributed by atoms with Crippen molar-refractivity contribution >= 4 is 43.6 Å². The predicted octanol–water partition coefficient (Wildman–Crippen LogP) is 5.60. The second-order valence-electron chi connectivity index (χ2n) is 10.8. The van der Waals surface area contributed by atoms with E-state index in [1.165, 1.54) is 12.1 Å². The van der Waals surface area contributed by atoms with Crippen molar-refractivity contribution in [1.82, 2.24) is 35.1 Å². The van der Waals surface area contributed by atoms with Crippen molar-refractivity contribution in [2.24, 2.45) is 0 Å². The Kier molecular flexibility index (Phi) is 7.29. The highest BCUT2D eigenvalue weighted by Gasteiger charge is 2.18. The van der Waals surface area contributed by atoms with Crippen LogP contribution in [0.15, 0.2) is 91.4 Å². The van der Waals surface area contributed by atoms with E-state index in [2.05, 4.69) is 30.5 Å². The number of imidazole rings is 1. The van der Waals surface area contributed by atoms with Gasteiger partial charge in [-0.1, -0.05) is 24.3 Å². The molecule has 0 aliphatic heterocycles. The lowest BCUT2D eigenvalue weighted by Crippen LogP contribution is -2.11. The maximum Gasteiger partial charge on any atom is 0.255 e. The van der Waals surface area contributed by atoms with Crippen LogP contribution in [0.25, 0.3) is 56.1 Å². The maximum atomic E-state index is 14.6. The molecule has 0 bridgehead atoms. The summed E-state index contributed by atoms with van der Waals surface area (Å²) in [7, 11) is -3.21. The lowest BCUT2D eigenvalue weighted by atomic mass is 10.0. The number of aromatic nitrogens is 7. The molecule has 3 N–H and O–H groups in total. The summed E-state index contributed by atoms with van der Waals surface area (Å²) in [6.45, 7) is 0. The average molecular weight is 633 g/mol. The van der Waals surface area contributed by atoms with Gasteiger partial charge in [0.25, 0.3) is 5.91 Å². The van der Waals surface area contributed by atoms with Gasteiger partial charge in [-0.3, -0.25) is 14.9 Å². The fourth-order valence-electron chi connectivity index (χ4n) is 5.18. The zero-order valence-electron chi connectivity index (χ0n) is 24.3. The van der Waals surface area contributed by atoms with E-state index >= 15 is 0 Å². The number of pyridine rings is 3. The molecule has 0 saturated carbocycles. The van der Waals surface area contributed by atoms with E-state index in [1.54, 1.807) is 61.1 Å². The third kappa shape index (κ3) is 5.95. The fraction of sp³-hybridized carbons (Fsp3) is 0.0909. The summed E-state index contributed by atoms with van der Waals surface area (Å²) >= 11 is 0. The molecule has 0 unspecified atom stereocenters. The second kappa shape index (κ2) is 11.6. The molecular weight excluding hydrogens is 607 g/mol. The van der Waals surface area contributed by atoms with Gasteiger partial charge in [-0.25, -0.2) is 27.8 Å². The molecule has 0 spiro atoms. The lowest BCUT2D eigenvalue weighted by molar-refractivity contribution is 0.102. The molecule has 0 fully saturated rings. The molecule has 7 aromatic rings. The van der Waals surface area contributed by atoms with Gasteiger partial charge in [-0.15, -0.1) is 0 Å². The Morgan fingerprint density at radius 1 is 0.935 bits per heavy atom. The van der Waals surface area contributed by atoms with E-state index in [4.69, 9.17) is 9.97 Å². The SMILES string of the molecule is CS(=O)(=O)CCc1cc(F)cc(-c2ccnc3[nH]c(-c4n[nH]c5ccc(-c6cncc(NC(=O)c7ccccc7)c6)nc45)nc23)c1. The van der Waals surface area contributed by atoms with Gasteiger partial charge in [0.2, 0.25) is 0 Å². The minimum absolute atomic E-state index is 0.0852. The van der Waals surface area contributed by atoms with Gasteiger partial charge in [0.15, 0.2) is 17.2 Å². The average Bonchev–Trinajstić information content (AvgIpc) is 3.68. The van der Waals surface area contributed by atoms with E-state index in [0.717, 1.165) is 6.26 Å². The first-order valence-electron chi connectivity index (χ1n) is 14.2. The molecule has 228 valence electrons. The summed E-state index contributed by atoms with van der Waals surface area (Å²) in [6.07, 6.45) is 6.16. The van der Waals surface area contributed by atoms with Crippen molar-refractivity contribution < 1.29 is 17.6 Å². The number of hydrogen-bond acceptors (Lipinski definition) is 8. The van der Waals surface area contributed by atoms with Crippen molar-refractivity contribution in [1.29, 1.82) is 0 Å². The van der Waals surface area contributed by atoms with Gasteiger partial charge >= 0.3 is 0 Å². The van der Waals surface area contributed by atoms with Crippen LogP contribution < -0.4 is 5.32 Å². The highest BCUT2D eigenvalue weighted by Crippen LogP contribution is 2.32. The first-order chi connectivity index (χ1) is 22.2. The van der Waals surface area contributed by atoms with E-state index in [0.29, 0.717) is 72.9 Å². The summed E-state index contributed by atoms with van der Waals surface area (Å²) in [5.74, 6) is -0.407. The fourth-order valence-corrected chi connectivity index (χ4v) is 5.78. The first-order valence-corrected chi connectivity index (χ1v) is 16.3. The van der Waals surface area contributed by atoms with Crippen LogP contribution in [-0.2, 0) is 16.3 Å². The lowest BCUT2D eigenvalue weighted by Gasteiger charge is -2.07. The van der Waals surface area contributed by atoms with Crippen LogP contribution in [0, 0.1) is 5.82 Å². The van der Waals surface area contributed by atoms with Crippen molar-refractivity contribution in [3.63, 3.8) is 0 Å². The Morgan fingerprint density at radius 2 is 1.78 bits per heavy atom. The van der Waals surface area contributed by atoms with Crippen molar-refractivity contribution in [3.8, 4) is 33.9 Å². The number of carbonyl (C=O) groups excluding carboxylic acids is 1. The van der Waals surface area contributed by atoms with Crippen LogP contribution >= 0.6 is 0 Å². The zero-order valence-corrected chi connectivity index (χ0v) is 25.1. The molecule has 0 aliphatic rings. The van der Waals surface area contributed by atoms with E-state index < -0.39 is 15.7 Å². The molecule has 1 amide bonds. The van der Waals surface area contributed by atoms with E-state index in [9.17, 15) is 17.6 Å². The molecule has 7 rings (SSSR count). The second-order valence-corrected chi connectivity index (χ2v) is 13.1. The Bertz CT molecular complexity index is 2370. The number of fused-ring (bicyclic) bond motifs is 2. The number of anilines is 1. The molecule has 11 nitrogen and oxygen atoms in total. The van der Waals surface area contributed by atoms with Gasteiger partial charge < -0.3 is 10.3 Å². The Balaban J connectivity index is 1.22. The molecule has 0 saturated heterocycles. The molecule has 0 aliphatic carbocycles. The highest BCUT2D eigenvalue weighted by molar-refractivity contribution is 7.90. The van der Waals surface area contributed by atoms with Crippen LogP contribution in [0.2, 0.25) is 0 Å². The minimum Gasteiger partial charge on any atom is -0.321 e. The van der Waals surface area contributed by atoms with Crippen LogP contribution in [-0.4, -0.2) is 61.5 Å². The van der Waals surface area contributed by atoms with E-state index in [1.807, 2.05) is 18.2 Å². The molecule has 5 aromatic heterocycles. The van der Waals surface area contributed by atoms with Crippen molar-refractivity contribution in [2.45, 2.75) is 6.42 Å². The molecule has 0 atom stereocenters. The third-order valence-corrected chi connectivity index (χ3v) is 8.32. The van der Waals surface area contributed by atoms with Gasteiger partial charge in [-0.2, -0.15) is 5.10 Å². The predicted molar refractivity (Wildman–Crippen MR) is 173 cm³/mol. The molecule has 0 radical (unpaired) electrons. The van der Waals surface area contributed by atoms with Crippen LogP contribution in [0.5, 0.6) is 0 Å². The topological polar surface area (TPSA) is 159 Å². The van der Waals surface area contributed by atoms with Gasteiger partial charge in [0.1, 0.15) is 26.7 Å². The normalized spacial score (nSPS) is 11.7. The number of sulfone groups is 1. The zero-order chi connectivity index (χ0) is 31.8. The van der Waals surface area contributed by atoms with Crippen LogP contribution in [0.1, 0.15) is 15.9 Å². The quantitative estimate of drug-likeness (QED) is 0.195. The summed E-state index contributed by atoms with van der Waals surface area (Å²) in [4.78, 5) is 34.2. The Morgan fingerprint density at radius 3 is 2.61 bits per heavy atom. The van der Waals surface area contributed by atoms with Gasteiger partial charge in [-0.05, 0) is 66.1 Å². The standard InChI is InChI=1S/C33H25FN8O3S/c1-46(44,45)12-10-19-13-21(15-23(34)14-19)25-9-11-36-31-28(25)39-32(40-31)30-29-27(41-42-30)8-7-26(38-29)22-16-24(18-35-17-22)37-33(43)20-5-3-2-4-6-20/h2-9,11,13-18H,10,12H2,1H3,(H,37,43)(H,41,42)(H,36,39,40). The smallest absolute Gasteiger partial charge is 0.255 e. The van der Waals surface area contributed by atoms with Crippen LogP contribution in [0.3, 0.4) is 0 Å². The van der Waals surface area contributed by atoms with E-state index in [-0.39, 0.29) is 18.1 Å². The number of H-pyrrole nitrogens is 2. The third-order valence-electron chi connectivity index (χ3n) is 7.37.